The van der Waals surface area contributed by atoms with Gasteiger partial charge in [-0.05, 0) is 66.7 Å². The zero-order chi connectivity index (χ0) is 48.7. The third kappa shape index (κ3) is 10.7. The maximum atomic E-state index is 14.1. The number of carbonyl (C=O) groups excluding carboxylic acids is 4. The van der Waals surface area contributed by atoms with Crippen LogP contribution in [0.5, 0.6) is 0 Å². The number of halogens is 1. The van der Waals surface area contributed by atoms with Crippen LogP contribution in [0.4, 0.5) is 5.13 Å². The topological polar surface area (TPSA) is 172 Å². The van der Waals surface area contributed by atoms with Crippen molar-refractivity contribution < 1.29 is 38.0 Å². The Kier molecular flexibility index (Phi) is 15.1. The molecular formula is C53H50BrN5O8S2. The standard InChI is InChI=1S/C53H50BrN5O8S2/c1-34(43(49(62)66-52(2,3)4)41-32-68-51(56-41)58-53(38-24-14-7-15-25-38,39-26-16-8-17-27-39)40-28-18-9-19-29-40)67-55-31-42(60)57-44-47(61)59-45(37(30-54)33-69(64)48(44)59)50(63)65-46(35-20-10-5-11-21-35)36-22-12-6-13-23-36/h5-29,31-32,34,43-44,46,48H,30,33H2,1-4H3,(H,56,58)(H,57,60)/b55-31-/t34?,43?,44-,48-,69?/m1/s1. The van der Waals surface area contributed by atoms with Crippen LogP contribution < -0.4 is 10.6 Å². The number of alkyl halides is 1. The van der Waals surface area contributed by atoms with Gasteiger partial charge in [0.05, 0.1) is 5.69 Å². The van der Waals surface area contributed by atoms with Gasteiger partial charge in [0, 0.05) is 16.3 Å². The quantitative estimate of drug-likeness (QED) is 0.0171. The molecule has 5 atom stereocenters. The molecule has 8 rings (SSSR count). The van der Waals surface area contributed by atoms with Crippen molar-refractivity contribution in [3.8, 4) is 0 Å². The van der Waals surface area contributed by atoms with Gasteiger partial charge >= 0.3 is 11.9 Å². The van der Waals surface area contributed by atoms with Crippen molar-refractivity contribution in [2.24, 2.45) is 5.16 Å². The fourth-order valence-electron chi connectivity index (χ4n) is 8.46. The highest BCUT2D eigenvalue weighted by Gasteiger charge is 2.61. The first kappa shape index (κ1) is 48.9. The number of rotatable bonds is 17. The van der Waals surface area contributed by atoms with Crippen LogP contribution in [0.25, 0.3) is 0 Å². The molecule has 2 N–H and O–H groups in total. The summed E-state index contributed by atoms with van der Waals surface area (Å²) in [5.74, 6) is -3.96. The Bertz CT molecular complexity index is 2680. The van der Waals surface area contributed by atoms with E-state index < -0.39 is 75.6 Å². The summed E-state index contributed by atoms with van der Waals surface area (Å²) >= 11 is 3.04. The lowest BCUT2D eigenvalue weighted by atomic mass is 9.77. The fraction of sp³-hybridized carbons (Fsp3) is 0.245. The van der Waals surface area contributed by atoms with Crippen molar-refractivity contribution in [1.82, 2.24) is 15.2 Å². The molecule has 69 heavy (non-hydrogen) atoms. The number of β-lactam (4-membered cyclic amide) rings is 1. The molecular weight excluding hydrogens is 979 g/mol. The van der Waals surface area contributed by atoms with Crippen molar-refractivity contribution in [3.63, 3.8) is 0 Å². The van der Waals surface area contributed by atoms with Crippen LogP contribution in [0.3, 0.4) is 0 Å². The molecule has 16 heteroatoms. The van der Waals surface area contributed by atoms with Crippen LogP contribution in [0, 0.1) is 0 Å². The lowest BCUT2D eigenvalue weighted by molar-refractivity contribution is -0.160. The molecule has 2 amide bonds. The van der Waals surface area contributed by atoms with E-state index >= 15 is 0 Å². The van der Waals surface area contributed by atoms with E-state index in [0.29, 0.717) is 16.4 Å². The Labute approximate surface area is 416 Å². The van der Waals surface area contributed by atoms with Crippen LogP contribution in [0.1, 0.15) is 73.2 Å². The van der Waals surface area contributed by atoms with E-state index in [0.717, 1.165) is 38.9 Å². The van der Waals surface area contributed by atoms with E-state index in [1.54, 1.807) is 33.1 Å². The van der Waals surface area contributed by atoms with E-state index in [1.807, 2.05) is 115 Å². The first-order valence-corrected chi connectivity index (χ1v) is 25.6. The van der Waals surface area contributed by atoms with Gasteiger partial charge in [0.25, 0.3) is 11.8 Å². The second-order valence-corrected chi connectivity index (χ2v) is 20.4. The van der Waals surface area contributed by atoms with E-state index in [9.17, 15) is 23.7 Å². The number of thiazole rings is 1. The number of benzene rings is 5. The molecule has 1 aromatic heterocycles. The minimum Gasteiger partial charge on any atom is -0.614 e. The number of carbonyl (C=O) groups is 4. The lowest BCUT2D eigenvalue weighted by Gasteiger charge is -2.49. The number of esters is 2. The molecule has 2 aliphatic heterocycles. The summed E-state index contributed by atoms with van der Waals surface area (Å²) in [5, 5.41) is 11.7. The summed E-state index contributed by atoms with van der Waals surface area (Å²) in [6, 6.07) is 47.4. The SMILES string of the molecule is CC(O/N=C\C(=O)N[C@@H]1C(=O)N2C(C(=O)OC(c3ccccc3)c3ccccc3)=C(CBr)C[S+]([O-])[C@H]12)C(C(=O)OC(C)(C)C)c1csc(NC(c2ccccc2)(c2ccccc2)c2ccccc2)n1. The summed E-state index contributed by atoms with van der Waals surface area (Å²) in [6.07, 6.45) is -0.946. The highest BCUT2D eigenvalue weighted by Crippen LogP contribution is 2.42. The molecule has 354 valence electrons. The largest absolute Gasteiger partial charge is 0.614 e. The number of oxime groups is 1. The number of hydrogen-bond donors (Lipinski definition) is 2. The van der Waals surface area contributed by atoms with Gasteiger partial charge in [0.15, 0.2) is 17.3 Å². The number of fused-ring (bicyclic) bond motifs is 1. The third-order valence-corrected chi connectivity index (χ3v) is 14.7. The molecule has 0 spiro atoms. The maximum absolute atomic E-state index is 14.1. The molecule has 3 unspecified atom stereocenters. The van der Waals surface area contributed by atoms with Gasteiger partial charge < -0.3 is 29.5 Å². The molecule has 1 saturated heterocycles. The van der Waals surface area contributed by atoms with E-state index in [4.69, 9.17) is 19.3 Å². The van der Waals surface area contributed by atoms with Crippen LogP contribution in [0.2, 0.25) is 0 Å². The number of amides is 2. The molecule has 3 heterocycles. The number of ether oxygens (including phenoxy) is 2. The van der Waals surface area contributed by atoms with Crippen LogP contribution in [-0.4, -0.2) is 78.6 Å². The predicted molar refractivity (Wildman–Crippen MR) is 270 cm³/mol. The molecule has 2 aliphatic rings. The number of nitrogens with zero attached hydrogens (tertiary/aromatic N) is 3. The van der Waals surface area contributed by atoms with Crippen molar-refractivity contribution in [2.45, 2.75) is 68.4 Å². The number of anilines is 1. The van der Waals surface area contributed by atoms with E-state index in [1.165, 1.54) is 11.3 Å². The smallest absolute Gasteiger partial charge is 0.356 e. The molecule has 13 nitrogen and oxygen atoms in total. The zero-order valence-corrected chi connectivity index (χ0v) is 41.4. The predicted octanol–water partition coefficient (Wildman–Crippen LogP) is 8.76. The van der Waals surface area contributed by atoms with Crippen LogP contribution in [0.15, 0.2) is 173 Å². The highest BCUT2D eigenvalue weighted by atomic mass is 79.9. The first-order valence-electron chi connectivity index (χ1n) is 22.2. The number of aromatic nitrogens is 1. The summed E-state index contributed by atoms with van der Waals surface area (Å²) < 4.78 is 25.6. The van der Waals surface area contributed by atoms with Crippen molar-refractivity contribution in [2.75, 3.05) is 16.4 Å². The summed E-state index contributed by atoms with van der Waals surface area (Å²) in [4.78, 5) is 67.1. The summed E-state index contributed by atoms with van der Waals surface area (Å²) in [5.41, 5.74) is 3.40. The summed E-state index contributed by atoms with van der Waals surface area (Å²) in [6.45, 7) is 6.89. The fourth-order valence-corrected chi connectivity index (χ4v) is 11.7. The second kappa shape index (κ2) is 21.4. The minimum atomic E-state index is -1.68. The van der Waals surface area contributed by atoms with Gasteiger partial charge in [0.2, 0.25) is 5.37 Å². The Hall–Kier alpha value is -6.59. The molecule has 6 aromatic rings. The van der Waals surface area contributed by atoms with Gasteiger partial charge in [-0.15, -0.1) is 11.3 Å². The number of nitrogens with one attached hydrogen (secondary N) is 2. The Morgan fingerprint density at radius 1 is 0.855 bits per heavy atom. The average molecular weight is 1030 g/mol. The van der Waals surface area contributed by atoms with Gasteiger partial charge in [-0.1, -0.05) is 173 Å². The van der Waals surface area contributed by atoms with Crippen LogP contribution in [-0.2, 0) is 50.2 Å². The molecule has 0 bridgehead atoms. The van der Waals surface area contributed by atoms with E-state index in [2.05, 4.69) is 68.1 Å². The van der Waals surface area contributed by atoms with Gasteiger partial charge in [-0.25, -0.2) is 9.78 Å². The Morgan fingerprint density at radius 3 is 1.86 bits per heavy atom. The lowest BCUT2D eigenvalue weighted by Crippen LogP contribution is -2.75. The van der Waals surface area contributed by atoms with Gasteiger partial charge in [-0.2, -0.15) is 0 Å². The minimum absolute atomic E-state index is 0.0193. The van der Waals surface area contributed by atoms with Crippen molar-refractivity contribution in [3.05, 3.63) is 202 Å². The maximum Gasteiger partial charge on any atom is 0.356 e. The highest BCUT2D eigenvalue weighted by molar-refractivity contribution is 9.09. The second-order valence-electron chi connectivity index (χ2n) is 17.4. The third-order valence-electron chi connectivity index (χ3n) is 11.6. The molecule has 0 saturated carbocycles. The number of hydrogen-bond acceptors (Lipinski definition) is 12. The van der Waals surface area contributed by atoms with Gasteiger partial charge in [-0.3, -0.25) is 19.3 Å². The zero-order valence-electron chi connectivity index (χ0n) is 38.2. The van der Waals surface area contributed by atoms with Gasteiger partial charge in [0.1, 0.15) is 40.8 Å². The van der Waals surface area contributed by atoms with Crippen molar-refractivity contribution >= 4 is 73.5 Å². The van der Waals surface area contributed by atoms with Crippen LogP contribution >= 0.6 is 27.3 Å². The molecule has 0 aliphatic carbocycles. The normalized spacial score (nSPS) is 17.9. The summed E-state index contributed by atoms with van der Waals surface area (Å²) in [7, 11) is 0. The average Bonchev–Trinajstić information content (AvgIpc) is 3.81. The van der Waals surface area contributed by atoms with Crippen molar-refractivity contribution in [1.29, 1.82) is 0 Å². The van der Waals surface area contributed by atoms with E-state index in [-0.39, 0.29) is 16.8 Å². The first-order chi connectivity index (χ1) is 33.3. The molecule has 0 radical (unpaired) electrons. The molecule has 5 aromatic carbocycles. The Morgan fingerprint density at radius 2 is 1.36 bits per heavy atom. The monoisotopic (exact) mass is 1030 g/mol. The Balaban J connectivity index is 0.985. The molecule has 1 fully saturated rings.